The first-order valence-electron chi connectivity index (χ1n) is 15.5. The first kappa shape index (κ1) is 26.7. The number of benzene rings is 1. The van der Waals surface area contributed by atoms with Crippen LogP contribution >= 0.6 is 0 Å². The molecule has 3 aliphatic rings. The molecule has 3 unspecified atom stereocenters. The fourth-order valence-electron chi connectivity index (χ4n) is 7.89. The van der Waals surface area contributed by atoms with E-state index in [0.29, 0.717) is 18.0 Å². The fourth-order valence-corrected chi connectivity index (χ4v) is 7.89. The van der Waals surface area contributed by atoms with E-state index in [4.69, 9.17) is 20.4 Å². The Labute approximate surface area is 241 Å². The third-order valence-electron chi connectivity index (χ3n) is 10.1. The maximum atomic E-state index is 13.8. The molecule has 1 aliphatic carbocycles. The summed E-state index contributed by atoms with van der Waals surface area (Å²) in [5.74, 6) is 1.84. The van der Waals surface area contributed by atoms with E-state index in [1.165, 1.54) is 12.8 Å². The smallest absolute Gasteiger partial charge is 0.254 e. The number of hydrogen-bond donors (Lipinski definition) is 1. The van der Waals surface area contributed by atoms with Gasteiger partial charge in [-0.25, -0.2) is 9.97 Å². The topological polar surface area (TPSA) is 91.2 Å². The van der Waals surface area contributed by atoms with Gasteiger partial charge in [0.15, 0.2) is 5.82 Å². The van der Waals surface area contributed by atoms with Gasteiger partial charge in [-0.15, -0.1) is 0 Å². The Bertz CT molecular complexity index is 1620. The molecule has 1 amide bonds. The van der Waals surface area contributed by atoms with Crippen molar-refractivity contribution in [3.05, 3.63) is 47.7 Å². The van der Waals surface area contributed by atoms with Crippen LogP contribution < -0.4 is 5.73 Å². The molecule has 7 rings (SSSR count). The van der Waals surface area contributed by atoms with E-state index in [9.17, 15) is 4.79 Å². The van der Waals surface area contributed by atoms with Crippen LogP contribution in [0.15, 0.2) is 36.5 Å². The SMILES string of the molecule is CCc1cc(C(=O)N2CC(C)C(N)C2C)cc2nc(-c3cc4cccnc4n3CC)n(CC3CC4(CCCO4)C3)c12. The van der Waals surface area contributed by atoms with E-state index >= 15 is 0 Å². The number of carbonyl (C=O) groups excluding carboxylic acids is 1. The van der Waals surface area contributed by atoms with Crippen molar-refractivity contribution in [2.75, 3.05) is 13.2 Å². The highest BCUT2D eigenvalue weighted by Gasteiger charge is 2.47. The molecule has 216 valence electrons. The number of pyridine rings is 1. The predicted molar refractivity (Wildman–Crippen MR) is 162 cm³/mol. The molecular weight excluding hydrogens is 512 g/mol. The Hall–Kier alpha value is -3.23. The van der Waals surface area contributed by atoms with Crippen LogP contribution in [0.1, 0.15) is 69.3 Å². The summed E-state index contributed by atoms with van der Waals surface area (Å²) >= 11 is 0. The number of rotatable bonds is 6. The third-order valence-corrected chi connectivity index (χ3v) is 10.1. The number of hydrogen-bond acceptors (Lipinski definition) is 5. The summed E-state index contributed by atoms with van der Waals surface area (Å²) in [5, 5.41) is 1.12. The molecule has 0 radical (unpaired) electrons. The lowest BCUT2D eigenvalue weighted by molar-refractivity contribution is -0.0939. The quantitative estimate of drug-likeness (QED) is 0.345. The number of amides is 1. The van der Waals surface area contributed by atoms with E-state index in [0.717, 1.165) is 78.1 Å². The number of nitrogens with zero attached hydrogens (tertiary/aromatic N) is 5. The molecule has 1 spiro atoms. The number of imidazole rings is 1. The van der Waals surface area contributed by atoms with Gasteiger partial charge in [0.25, 0.3) is 5.91 Å². The Morgan fingerprint density at radius 2 is 2.00 bits per heavy atom. The van der Waals surface area contributed by atoms with E-state index in [1.807, 2.05) is 23.2 Å². The summed E-state index contributed by atoms with van der Waals surface area (Å²) < 4.78 is 10.9. The van der Waals surface area contributed by atoms with E-state index in [1.54, 1.807) is 0 Å². The molecule has 1 aromatic carbocycles. The summed E-state index contributed by atoms with van der Waals surface area (Å²) in [7, 11) is 0. The number of carbonyl (C=O) groups is 1. The number of likely N-dealkylation sites (tertiary alicyclic amines) is 1. The maximum absolute atomic E-state index is 13.8. The van der Waals surface area contributed by atoms with Gasteiger partial charge in [0.1, 0.15) is 5.65 Å². The molecule has 5 heterocycles. The van der Waals surface area contributed by atoms with Gasteiger partial charge in [-0.2, -0.15) is 0 Å². The zero-order valence-electron chi connectivity index (χ0n) is 24.8. The van der Waals surface area contributed by atoms with Gasteiger partial charge in [-0.05, 0) is 93.7 Å². The van der Waals surface area contributed by atoms with Gasteiger partial charge in [0.05, 0.1) is 22.3 Å². The lowest BCUT2D eigenvalue weighted by Gasteiger charge is -2.44. The van der Waals surface area contributed by atoms with Crippen LogP contribution in [0.5, 0.6) is 0 Å². The summed E-state index contributed by atoms with van der Waals surface area (Å²) in [6.07, 6.45) is 7.24. The highest BCUT2D eigenvalue weighted by atomic mass is 16.5. The number of aryl methyl sites for hydroxylation is 2. The molecule has 2 aliphatic heterocycles. The molecule has 3 aromatic heterocycles. The predicted octanol–water partition coefficient (Wildman–Crippen LogP) is 5.40. The normalized spacial score (nSPS) is 27.9. The summed E-state index contributed by atoms with van der Waals surface area (Å²) in [4.78, 5) is 25.8. The van der Waals surface area contributed by atoms with Gasteiger partial charge in [-0.1, -0.05) is 13.8 Å². The minimum atomic E-state index is -0.00155. The van der Waals surface area contributed by atoms with Gasteiger partial charge in [-0.3, -0.25) is 4.79 Å². The lowest BCUT2D eigenvalue weighted by atomic mass is 9.69. The standard InChI is InChI=1S/C33H42N6O2/c1-5-23-13-25(32(40)38-18-20(3)28(34)21(38)4)14-26-29(23)39(19-22-16-33(17-22)10-8-12-41-33)31(36-26)27-15-24-9-7-11-35-30(24)37(27)6-2/h7,9,11,13-15,20-22,28H,5-6,8,10,12,16-19,34H2,1-4H3. The molecule has 1 saturated carbocycles. The second-order valence-corrected chi connectivity index (χ2v) is 12.8. The number of fused-ring (bicyclic) bond motifs is 2. The Morgan fingerprint density at radius 3 is 2.68 bits per heavy atom. The second kappa shape index (κ2) is 9.95. The van der Waals surface area contributed by atoms with Gasteiger partial charge in [0.2, 0.25) is 0 Å². The van der Waals surface area contributed by atoms with Crippen LogP contribution in [-0.4, -0.2) is 60.7 Å². The van der Waals surface area contributed by atoms with E-state index < -0.39 is 0 Å². The minimum absolute atomic E-state index is 0.00155. The van der Waals surface area contributed by atoms with Crippen molar-refractivity contribution >= 4 is 28.0 Å². The summed E-state index contributed by atoms with van der Waals surface area (Å²) in [5.41, 5.74) is 12.5. The number of nitrogens with two attached hydrogens (primary N) is 1. The summed E-state index contributed by atoms with van der Waals surface area (Å²) in [6.45, 7) is 11.8. The average Bonchev–Trinajstić information content (AvgIpc) is 3.73. The zero-order valence-corrected chi connectivity index (χ0v) is 24.8. The largest absolute Gasteiger partial charge is 0.375 e. The monoisotopic (exact) mass is 554 g/mol. The summed E-state index contributed by atoms with van der Waals surface area (Å²) in [6, 6.07) is 10.5. The van der Waals surface area contributed by atoms with Crippen LogP contribution in [0.2, 0.25) is 0 Å². The number of aromatic nitrogens is 4. The highest BCUT2D eigenvalue weighted by Crippen LogP contribution is 2.48. The maximum Gasteiger partial charge on any atom is 0.254 e. The molecule has 2 N–H and O–H groups in total. The van der Waals surface area contributed by atoms with Crippen molar-refractivity contribution < 1.29 is 9.53 Å². The van der Waals surface area contributed by atoms with Crippen molar-refractivity contribution in [2.24, 2.45) is 17.6 Å². The highest BCUT2D eigenvalue weighted by molar-refractivity contribution is 5.99. The van der Waals surface area contributed by atoms with Gasteiger partial charge < -0.3 is 24.5 Å². The molecule has 0 bridgehead atoms. The molecular formula is C33H42N6O2. The molecule has 4 aromatic rings. The van der Waals surface area contributed by atoms with Crippen LogP contribution in [-0.2, 0) is 24.2 Å². The Morgan fingerprint density at radius 1 is 1.17 bits per heavy atom. The third kappa shape index (κ3) is 4.21. The van der Waals surface area contributed by atoms with Crippen LogP contribution in [0.3, 0.4) is 0 Å². The van der Waals surface area contributed by atoms with Crippen molar-refractivity contribution in [3.8, 4) is 11.5 Å². The van der Waals surface area contributed by atoms with Crippen molar-refractivity contribution in [3.63, 3.8) is 0 Å². The molecule has 8 nitrogen and oxygen atoms in total. The first-order chi connectivity index (χ1) is 19.8. The van der Waals surface area contributed by atoms with Crippen molar-refractivity contribution in [1.82, 2.24) is 24.0 Å². The first-order valence-corrected chi connectivity index (χ1v) is 15.5. The second-order valence-electron chi connectivity index (χ2n) is 12.8. The van der Waals surface area contributed by atoms with Crippen molar-refractivity contribution in [2.45, 2.75) is 90.6 Å². The molecule has 8 heteroatoms. The minimum Gasteiger partial charge on any atom is -0.375 e. The molecule has 3 fully saturated rings. The average molecular weight is 555 g/mol. The molecule has 2 saturated heterocycles. The van der Waals surface area contributed by atoms with E-state index in [-0.39, 0.29) is 29.5 Å². The Balaban J connectivity index is 1.36. The van der Waals surface area contributed by atoms with Gasteiger partial charge >= 0.3 is 0 Å². The Kier molecular flexibility index (Phi) is 6.47. The van der Waals surface area contributed by atoms with E-state index in [2.05, 4.69) is 55.0 Å². The van der Waals surface area contributed by atoms with Crippen LogP contribution in [0.4, 0.5) is 0 Å². The van der Waals surface area contributed by atoms with Crippen molar-refractivity contribution in [1.29, 1.82) is 0 Å². The van der Waals surface area contributed by atoms with Crippen LogP contribution in [0.25, 0.3) is 33.6 Å². The van der Waals surface area contributed by atoms with Crippen LogP contribution in [0, 0.1) is 11.8 Å². The molecule has 41 heavy (non-hydrogen) atoms. The zero-order chi connectivity index (χ0) is 28.5. The fraction of sp³-hybridized carbons (Fsp3) is 0.545. The lowest BCUT2D eigenvalue weighted by Crippen LogP contribution is -2.44. The van der Waals surface area contributed by atoms with Gasteiger partial charge in [0, 0.05) is 55.5 Å². The number of ether oxygens (including phenoxy) is 1. The molecule has 3 atom stereocenters.